The first-order valence-electron chi connectivity index (χ1n) is 17.9. The summed E-state index contributed by atoms with van der Waals surface area (Å²) in [6, 6.07) is 27.9. The molecule has 0 amide bonds. The normalized spacial score (nSPS) is 12.3. The van der Waals surface area contributed by atoms with Crippen LogP contribution in [0.25, 0.3) is 44.3 Å². The summed E-state index contributed by atoms with van der Waals surface area (Å²) in [5.41, 5.74) is 6.53. The Morgan fingerprint density at radius 1 is 0.750 bits per heavy atom. The van der Waals surface area contributed by atoms with Gasteiger partial charge in [-0.1, -0.05) is 60.7 Å². The number of nitriles is 2. The van der Waals surface area contributed by atoms with E-state index in [-0.39, 0.29) is 24.8 Å². The SMILES string of the molecule is CC(C)(C)C(=O)OCn1ccc2c(-c3cnn([C@H](CC#N)c4ccccc4)c3)cnnc21.N#CC[C@H](c1ccccc1)n1cc(-c2cnnc3[nH]ccc23)cn1. The summed E-state index contributed by atoms with van der Waals surface area (Å²) in [6.07, 6.45) is 15.2. The Kier molecular flexibility index (Phi) is 10.7. The molecule has 0 saturated carbocycles. The smallest absolute Gasteiger partial charge is 0.312 e. The van der Waals surface area contributed by atoms with E-state index >= 15 is 0 Å². The van der Waals surface area contributed by atoms with Crippen LogP contribution in [-0.2, 0) is 16.3 Å². The topological polar surface area (TPSA) is 182 Å². The van der Waals surface area contributed by atoms with Crippen LogP contribution in [0.4, 0.5) is 0 Å². The monoisotopic (exact) mass is 742 g/mol. The van der Waals surface area contributed by atoms with Crippen LogP contribution in [0.15, 0.2) is 122 Å². The number of hydrogen-bond acceptors (Lipinski definition) is 10. The van der Waals surface area contributed by atoms with Crippen molar-refractivity contribution in [1.82, 2.24) is 49.5 Å². The van der Waals surface area contributed by atoms with E-state index in [4.69, 9.17) is 4.74 Å². The zero-order valence-electron chi connectivity index (χ0n) is 31.1. The molecular formula is C42H38N12O2. The molecule has 0 radical (unpaired) electrons. The molecule has 6 aromatic heterocycles. The van der Waals surface area contributed by atoms with Crippen LogP contribution in [0.3, 0.4) is 0 Å². The summed E-state index contributed by atoms with van der Waals surface area (Å²) in [7, 11) is 0. The van der Waals surface area contributed by atoms with E-state index < -0.39 is 5.41 Å². The van der Waals surface area contributed by atoms with Crippen molar-refractivity contribution < 1.29 is 9.53 Å². The minimum Gasteiger partial charge on any atom is -0.443 e. The average Bonchev–Trinajstić information content (AvgIpc) is 4.06. The quantitative estimate of drug-likeness (QED) is 0.137. The standard InChI is InChI=1S/C24H24N6O2.C18H14N6/c1-24(2,3)23(31)32-16-29-12-10-19-20(14-26-28-22(19)29)18-13-27-30(15-18)21(9-11-25)17-7-5-4-6-8-17;19-8-6-17(13-4-2-1-3-5-13)24-12-14(10-22-24)16-11-21-23-18-15(16)7-9-20-18/h4-8,10,12-15,21H,9,16H2,1-3H3;1-5,7,9-12,17H,6H2,(H,20,23)/t21-;17-/m11/s1. The van der Waals surface area contributed by atoms with Crippen LogP contribution in [0.2, 0.25) is 0 Å². The van der Waals surface area contributed by atoms with Gasteiger partial charge in [-0.2, -0.15) is 30.9 Å². The van der Waals surface area contributed by atoms with Crippen LogP contribution in [0, 0.1) is 28.1 Å². The summed E-state index contributed by atoms with van der Waals surface area (Å²) in [4.78, 5) is 15.2. The number of nitrogens with zero attached hydrogens (tertiary/aromatic N) is 11. The van der Waals surface area contributed by atoms with E-state index in [9.17, 15) is 15.3 Å². The van der Waals surface area contributed by atoms with E-state index in [0.29, 0.717) is 18.5 Å². The maximum Gasteiger partial charge on any atom is 0.312 e. The predicted molar refractivity (Wildman–Crippen MR) is 209 cm³/mol. The second-order valence-corrected chi connectivity index (χ2v) is 14.1. The Morgan fingerprint density at radius 2 is 1.30 bits per heavy atom. The zero-order chi connectivity index (χ0) is 39.1. The fourth-order valence-corrected chi connectivity index (χ4v) is 6.33. The number of nitrogens with one attached hydrogen (secondary N) is 1. The maximum absolute atomic E-state index is 12.1. The van der Waals surface area contributed by atoms with Crippen LogP contribution >= 0.6 is 0 Å². The maximum atomic E-state index is 12.1. The van der Waals surface area contributed by atoms with Gasteiger partial charge in [-0.25, -0.2) is 0 Å². The molecule has 278 valence electrons. The van der Waals surface area contributed by atoms with Crippen LogP contribution in [0.5, 0.6) is 0 Å². The second-order valence-electron chi connectivity index (χ2n) is 14.1. The molecule has 0 bridgehead atoms. The second kappa shape index (κ2) is 16.3. The van der Waals surface area contributed by atoms with Crippen molar-refractivity contribution in [3.8, 4) is 34.4 Å². The van der Waals surface area contributed by atoms with Gasteiger partial charge in [0.15, 0.2) is 18.0 Å². The van der Waals surface area contributed by atoms with Crippen molar-refractivity contribution >= 4 is 28.0 Å². The van der Waals surface area contributed by atoms with E-state index in [1.165, 1.54) is 0 Å². The number of esters is 1. The third kappa shape index (κ3) is 7.90. The van der Waals surface area contributed by atoms with Gasteiger partial charge in [-0.15, -0.1) is 10.2 Å². The third-order valence-electron chi connectivity index (χ3n) is 9.27. The van der Waals surface area contributed by atoms with Gasteiger partial charge in [0.2, 0.25) is 0 Å². The highest BCUT2D eigenvalue weighted by atomic mass is 16.5. The lowest BCUT2D eigenvalue weighted by Crippen LogP contribution is -2.23. The summed E-state index contributed by atoms with van der Waals surface area (Å²) < 4.78 is 10.8. The molecule has 8 aromatic rings. The minimum absolute atomic E-state index is 0.0647. The minimum atomic E-state index is -0.576. The van der Waals surface area contributed by atoms with E-state index in [2.05, 4.69) is 47.7 Å². The molecule has 6 heterocycles. The predicted octanol–water partition coefficient (Wildman–Crippen LogP) is 7.67. The van der Waals surface area contributed by atoms with Crippen LogP contribution < -0.4 is 0 Å². The molecule has 14 heteroatoms. The molecule has 0 aliphatic rings. The number of aromatic nitrogens is 10. The van der Waals surface area contributed by atoms with Gasteiger partial charge in [0.05, 0.1) is 67.3 Å². The molecule has 8 rings (SSSR count). The highest BCUT2D eigenvalue weighted by Gasteiger charge is 2.24. The molecule has 0 aliphatic carbocycles. The molecule has 0 unspecified atom stereocenters. The van der Waals surface area contributed by atoms with Gasteiger partial charge in [0, 0.05) is 57.8 Å². The molecular weight excluding hydrogens is 705 g/mol. The number of aromatic amines is 1. The summed E-state index contributed by atoms with van der Waals surface area (Å²) >= 11 is 0. The Bertz CT molecular complexity index is 2650. The lowest BCUT2D eigenvalue weighted by atomic mass is 9.98. The number of hydrogen-bond donors (Lipinski definition) is 1. The van der Waals surface area contributed by atoms with Crippen molar-refractivity contribution in [2.45, 2.75) is 52.4 Å². The summed E-state index contributed by atoms with van der Waals surface area (Å²) in [5.74, 6) is -0.283. The Morgan fingerprint density at radius 3 is 1.86 bits per heavy atom. The summed E-state index contributed by atoms with van der Waals surface area (Å²) in [5, 5.41) is 45.9. The molecule has 2 aromatic carbocycles. The zero-order valence-corrected chi connectivity index (χ0v) is 31.1. The molecule has 0 spiro atoms. The summed E-state index contributed by atoms with van der Waals surface area (Å²) in [6.45, 7) is 5.50. The number of fused-ring (bicyclic) bond motifs is 2. The van der Waals surface area contributed by atoms with Gasteiger partial charge < -0.3 is 9.72 Å². The Hall–Kier alpha value is -7.45. The largest absolute Gasteiger partial charge is 0.443 e. The Labute approximate surface area is 322 Å². The lowest BCUT2D eigenvalue weighted by molar-refractivity contribution is -0.156. The fourth-order valence-electron chi connectivity index (χ4n) is 6.33. The number of rotatable bonds is 10. The van der Waals surface area contributed by atoms with Crippen molar-refractivity contribution in [2.24, 2.45) is 5.41 Å². The highest BCUT2D eigenvalue weighted by molar-refractivity contribution is 5.93. The van der Waals surface area contributed by atoms with Crippen molar-refractivity contribution in [3.05, 3.63) is 133 Å². The first kappa shape index (κ1) is 36.9. The number of H-pyrrole nitrogens is 1. The molecule has 0 saturated heterocycles. The first-order valence-corrected chi connectivity index (χ1v) is 17.9. The van der Waals surface area contributed by atoms with E-state index in [0.717, 1.165) is 49.8 Å². The fraction of sp³-hybridized carbons (Fsp3) is 0.214. The highest BCUT2D eigenvalue weighted by Crippen LogP contribution is 2.31. The third-order valence-corrected chi connectivity index (χ3v) is 9.27. The van der Waals surface area contributed by atoms with Crippen LogP contribution in [0.1, 0.15) is 56.8 Å². The molecule has 14 nitrogen and oxygen atoms in total. The lowest BCUT2D eigenvalue weighted by Gasteiger charge is -2.16. The number of benzene rings is 2. The number of carbonyl (C=O) groups excluding carboxylic acids is 1. The molecule has 56 heavy (non-hydrogen) atoms. The van der Waals surface area contributed by atoms with Crippen LogP contribution in [-0.4, -0.2) is 55.5 Å². The van der Waals surface area contributed by atoms with E-state index in [1.807, 2.05) is 128 Å². The molecule has 0 fully saturated rings. The molecule has 0 aliphatic heterocycles. The van der Waals surface area contributed by atoms with E-state index in [1.54, 1.807) is 29.4 Å². The molecule has 1 N–H and O–H groups in total. The van der Waals surface area contributed by atoms with Crippen molar-refractivity contribution in [1.29, 1.82) is 10.5 Å². The molecule has 2 atom stereocenters. The van der Waals surface area contributed by atoms with Gasteiger partial charge in [-0.05, 0) is 44.0 Å². The van der Waals surface area contributed by atoms with Gasteiger partial charge in [-0.3, -0.25) is 18.7 Å². The van der Waals surface area contributed by atoms with Gasteiger partial charge in [0.25, 0.3) is 0 Å². The average molecular weight is 743 g/mol. The first-order chi connectivity index (χ1) is 27.2. The number of ether oxygens (including phenoxy) is 1. The number of carbonyl (C=O) groups is 1. The van der Waals surface area contributed by atoms with Gasteiger partial charge >= 0.3 is 5.97 Å². The van der Waals surface area contributed by atoms with Crippen molar-refractivity contribution in [2.75, 3.05) is 0 Å². The van der Waals surface area contributed by atoms with Gasteiger partial charge in [0.1, 0.15) is 0 Å². The van der Waals surface area contributed by atoms with Crippen molar-refractivity contribution in [3.63, 3.8) is 0 Å². The Balaban J connectivity index is 0.000000178.